The monoisotopic (exact) mass is 490 g/mol. The van der Waals surface area contributed by atoms with Gasteiger partial charge in [-0.25, -0.2) is 14.8 Å². The van der Waals surface area contributed by atoms with Crippen molar-refractivity contribution in [2.24, 2.45) is 4.99 Å². The molecule has 7 nitrogen and oxygen atoms in total. The Kier molecular flexibility index (Phi) is 8.72. The SMILES string of the molecule is CC(=Nc1cc(C)c(C2(O)CCCN(COOCc3ccccc3)C2)c(C)c1)OOc1ccccc1. The molecule has 0 radical (unpaired) electrons. The van der Waals surface area contributed by atoms with Crippen LogP contribution in [0.25, 0.3) is 0 Å². The zero-order valence-corrected chi connectivity index (χ0v) is 21.1. The molecule has 1 fully saturated rings. The second kappa shape index (κ2) is 12.1. The first-order valence-corrected chi connectivity index (χ1v) is 12.2. The number of rotatable bonds is 9. The van der Waals surface area contributed by atoms with Gasteiger partial charge in [0.2, 0.25) is 5.90 Å². The Morgan fingerprint density at radius 1 is 0.972 bits per heavy atom. The molecule has 1 aliphatic rings. The summed E-state index contributed by atoms with van der Waals surface area (Å²) in [7, 11) is 0. The Hall–Kier alpha value is -3.23. The van der Waals surface area contributed by atoms with Gasteiger partial charge in [0.15, 0.2) is 5.75 Å². The van der Waals surface area contributed by atoms with Crippen LogP contribution in [0.2, 0.25) is 0 Å². The van der Waals surface area contributed by atoms with E-state index in [2.05, 4.69) is 9.89 Å². The molecule has 1 heterocycles. The molecule has 0 bridgehead atoms. The number of aliphatic hydroxyl groups is 1. The minimum Gasteiger partial charge on any atom is -0.384 e. The summed E-state index contributed by atoms with van der Waals surface area (Å²) in [5.74, 6) is 0.994. The number of para-hydroxylation sites is 1. The number of aliphatic imine (C=N–C) groups is 1. The normalized spacial score (nSPS) is 18.7. The minimum absolute atomic E-state index is 0.299. The number of hydrogen-bond donors (Lipinski definition) is 1. The molecule has 0 amide bonds. The first kappa shape index (κ1) is 25.9. The van der Waals surface area contributed by atoms with E-state index >= 15 is 0 Å². The molecule has 4 rings (SSSR count). The fourth-order valence-corrected chi connectivity index (χ4v) is 4.76. The maximum atomic E-state index is 11.7. The van der Waals surface area contributed by atoms with Crippen LogP contribution in [-0.2, 0) is 26.9 Å². The smallest absolute Gasteiger partial charge is 0.243 e. The van der Waals surface area contributed by atoms with Crippen LogP contribution in [0.1, 0.15) is 42.0 Å². The molecule has 3 aromatic carbocycles. The van der Waals surface area contributed by atoms with Crippen molar-refractivity contribution in [1.29, 1.82) is 0 Å². The van der Waals surface area contributed by atoms with E-state index in [1.807, 2.05) is 86.6 Å². The number of nitrogens with zero attached hydrogens (tertiary/aromatic N) is 2. The first-order chi connectivity index (χ1) is 17.4. The molecule has 0 saturated carbocycles. The van der Waals surface area contributed by atoms with E-state index in [0.717, 1.165) is 40.9 Å². The number of likely N-dealkylation sites (tertiary alicyclic amines) is 1. The van der Waals surface area contributed by atoms with E-state index in [1.54, 1.807) is 6.92 Å². The highest BCUT2D eigenvalue weighted by Gasteiger charge is 2.37. The molecule has 1 atom stereocenters. The average molecular weight is 491 g/mol. The number of aryl methyl sites for hydroxylation is 2. The Morgan fingerprint density at radius 2 is 1.64 bits per heavy atom. The highest BCUT2D eigenvalue weighted by Crippen LogP contribution is 2.37. The molecule has 190 valence electrons. The van der Waals surface area contributed by atoms with Gasteiger partial charge in [0.1, 0.15) is 18.9 Å². The number of piperidine rings is 1. The minimum atomic E-state index is -0.973. The predicted octanol–water partition coefficient (Wildman–Crippen LogP) is 5.75. The Bertz CT molecular complexity index is 1130. The maximum Gasteiger partial charge on any atom is 0.243 e. The van der Waals surface area contributed by atoms with Crippen LogP contribution >= 0.6 is 0 Å². The van der Waals surface area contributed by atoms with Gasteiger partial charge < -0.3 is 5.11 Å². The second-order valence-electron chi connectivity index (χ2n) is 9.25. The standard InChI is InChI=1S/C29H34N2O5/c1-22-17-26(30-24(3)35-36-27-13-8-5-9-14-27)18-23(2)28(22)29(32)15-10-16-31(20-29)21-34-33-19-25-11-6-4-7-12-25/h4-9,11-14,17-18,32H,10,15-16,19-21H2,1-3H3. The van der Waals surface area contributed by atoms with Crippen LogP contribution in [0.4, 0.5) is 5.69 Å². The summed E-state index contributed by atoms with van der Waals surface area (Å²) in [5.41, 5.74) is 3.73. The molecule has 0 aliphatic carbocycles. The Balaban J connectivity index is 1.37. The van der Waals surface area contributed by atoms with Crippen molar-refractivity contribution in [3.63, 3.8) is 0 Å². The zero-order chi connectivity index (χ0) is 25.4. The summed E-state index contributed by atoms with van der Waals surface area (Å²) in [4.78, 5) is 28.1. The third-order valence-electron chi connectivity index (χ3n) is 6.21. The van der Waals surface area contributed by atoms with Crippen molar-refractivity contribution in [3.05, 3.63) is 95.1 Å². The van der Waals surface area contributed by atoms with Crippen LogP contribution in [-0.4, -0.2) is 35.7 Å². The van der Waals surface area contributed by atoms with Crippen molar-refractivity contribution < 1.29 is 24.7 Å². The van der Waals surface area contributed by atoms with E-state index in [1.165, 1.54) is 0 Å². The average Bonchev–Trinajstić information content (AvgIpc) is 2.86. The van der Waals surface area contributed by atoms with Gasteiger partial charge in [-0.05, 0) is 73.2 Å². The zero-order valence-electron chi connectivity index (χ0n) is 21.1. The molecule has 3 aromatic rings. The summed E-state index contributed by atoms with van der Waals surface area (Å²) in [6, 6.07) is 23.1. The fraction of sp³-hybridized carbons (Fsp3) is 0.345. The number of β-amino-alcohol motifs (C(OH)–C–C–N with tert-alkyl or cyclic N) is 1. The maximum absolute atomic E-state index is 11.7. The number of benzene rings is 3. The summed E-state index contributed by atoms with van der Waals surface area (Å²) in [6.07, 6.45) is 1.55. The highest BCUT2D eigenvalue weighted by atomic mass is 17.2. The lowest BCUT2D eigenvalue weighted by Gasteiger charge is -2.40. The highest BCUT2D eigenvalue weighted by molar-refractivity contribution is 5.76. The van der Waals surface area contributed by atoms with E-state index in [9.17, 15) is 5.11 Å². The summed E-state index contributed by atoms with van der Waals surface area (Å²) in [5, 5.41) is 11.7. The lowest BCUT2D eigenvalue weighted by atomic mass is 9.81. The molecule has 1 N–H and O–H groups in total. The largest absolute Gasteiger partial charge is 0.384 e. The molecular formula is C29H34N2O5. The van der Waals surface area contributed by atoms with Gasteiger partial charge in [-0.15, -0.1) is 0 Å². The third kappa shape index (κ3) is 6.92. The lowest BCUT2D eigenvalue weighted by molar-refractivity contribution is -0.327. The molecule has 1 aliphatic heterocycles. The second-order valence-corrected chi connectivity index (χ2v) is 9.25. The predicted molar refractivity (Wildman–Crippen MR) is 139 cm³/mol. The van der Waals surface area contributed by atoms with Crippen molar-refractivity contribution in [3.8, 4) is 5.75 Å². The van der Waals surface area contributed by atoms with Gasteiger partial charge in [-0.3, -0.25) is 14.7 Å². The van der Waals surface area contributed by atoms with Crippen LogP contribution in [0, 0.1) is 13.8 Å². The third-order valence-corrected chi connectivity index (χ3v) is 6.21. The van der Waals surface area contributed by atoms with Gasteiger partial charge in [-0.1, -0.05) is 48.5 Å². The van der Waals surface area contributed by atoms with Crippen LogP contribution in [0.5, 0.6) is 5.75 Å². The Labute approximate surface area is 212 Å². The van der Waals surface area contributed by atoms with Crippen molar-refractivity contribution in [1.82, 2.24) is 4.90 Å². The molecule has 0 spiro atoms. The Morgan fingerprint density at radius 3 is 2.33 bits per heavy atom. The summed E-state index contributed by atoms with van der Waals surface area (Å²) >= 11 is 0. The lowest BCUT2D eigenvalue weighted by Crippen LogP contribution is -2.47. The summed E-state index contributed by atoms with van der Waals surface area (Å²) in [6.45, 7) is 7.76. The summed E-state index contributed by atoms with van der Waals surface area (Å²) < 4.78 is 0. The molecule has 7 heteroatoms. The van der Waals surface area contributed by atoms with E-state index < -0.39 is 5.60 Å². The molecular weight excluding hydrogens is 456 g/mol. The molecule has 0 aromatic heterocycles. The van der Waals surface area contributed by atoms with Crippen LogP contribution in [0.3, 0.4) is 0 Å². The number of hydrogen-bond acceptors (Lipinski definition) is 7. The quantitative estimate of drug-likeness (QED) is 0.135. The topological polar surface area (TPSA) is 72.8 Å². The van der Waals surface area contributed by atoms with Gasteiger partial charge in [0.05, 0.1) is 5.69 Å². The first-order valence-electron chi connectivity index (χ1n) is 12.2. The van der Waals surface area contributed by atoms with E-state index in [4.69, 9.17) is 19.6 Å². The van der Waals surface area contributed by atoms with Crippen molar-refractivity contribution >= 4 is 11.6 Å². The fourth-order valence-electron chi connectivity index (χ4n) is 4.76. The van der Waals surface area contributed by atoms with Crippen molar-refractivity contribution in [2.45, 2.75) is 45.8 Å². The van der Waals surface area contributed by atoms with Gasteiger partial charge in [-0.2, -0.15) is 0 Å². The van der Waals surface area contributed by atoms with E-state index in [-0.39, 0.29) is 0 Å². The van der Waals surface area contributed by atoms with Crippen molar-refractivity contribution in [2.75, 3.05) is 19.8 Å². The van der Waals surface area contributed by atoms with Crippen LogP contribution in [0.15, 0.2) is 77.8 Å². The van der Waals surface area contributed by atoms with E-state index in [0.29, 0.717) is 38.0 Å². The molecule has 36 heavy (non-hydrogen) atoms. The molecule has 1 unspecified atom stereocenters. The van der Waals surface area contributed by atoms with Gasteiger partial charge >= 0.3 is 0 Å². The van der Waals surface area contributed by atoms with Crippen LogP contribution < -0.4 is 4.89 Å². The van der Waals surface area contributed by atoms with Gasteiger partial charge in [0.25, 0.3) is 0 Å². The van der Waals surface area contributed by atoms with Gasteiger partial charge in [0, 0.05) is 20.0 Å². The molecule has 1 saturated heterocycles.